The van der Waals surface area contributed by atoms with Crippen LogP contribution in [0.5, 0.6) is 0 Å². The Hall–Kier alpha value is -1.10. The Morgan fingerprint density at radius 3 is 2.38 bits per heavy atom. The van der Waals surface area contributed by atoms with Gasteiger partial charge in [0.15, 0.2) is 0 Å². The zero-order chi connectivity index (χ0) is 24.5. The van der Waals surface area contributed by atoms with E-state index >= 15 is 0 Å². The molecule has 2 aliphatic heterocycles. The molecule has 190 valence electrons. The highest BCUT2D eigenvalue weighted by molar-refractivity contribution is 5.81. The minimum absolute atomic E-state index is 0.297. The van der Waals surface area contributed by atoms with Gasteiger partial charge in [-0.1, -0.05) is 19.8 Å². The van der Waals surface area contributed by atoms with Crippen LogP contribution in [-0.4, -0.2) is 90.4 Å². The molecular weight excluding hydrogens is 418 g/mol. The standard InChI is InChI=1S/C14H26O2.C7H11NO3.CH4O2.CH4O/c1-10(8-15)13-5-3-4-12-7-6-11(2)16-9-14(12)13;9-4-6-2-1-3-8(6)7(11)5-10;1-3-2;1-2/h10-15H,3-9H2,1-2H3;4,6,10H,1-3,5H2;2H,1H3;2H,1H3/t10-,11?,12+,13-,14?;6-;;/m00../s1. The number of nitrogens with zero attached hydrogens (tertiary/aromatic N) is 1. The van der Waals surface area contributed by atoms with Gasteiger partial charge in [0.1, 0.15) is 12.9 Å². The summed E-state index contributed by atoms with van der Waals surface area (Å²) >= 11 is 0. The Morgan fingerprint density at radius 1 is 1.16 bits per heavy atom. The van der Waals surface area contributed by atoms with Gasteiger partial charge in [-0.2, -0.15) is 0 Å². The van der Waals surface area contributed by atoms with Gasteiger partial charge < -0.3 is 29.8 Å². The predicted molar refractivity (Wildman–Crippen MR) is 121 cm³/mol. The molecule has 2 saturated heterocycles. The maximum absolute atomic E-state index is 10.9. The van der Waals surface area contributed by atoms with E-state index in [9.17, 15) is 14.7 Å². The molecule has 9 heteroatoms. The van der Waals surface area contributed by atoms with Crippen LogP contribution < -0.4 is 0 Å². The number of carbonyl (C=O) groups is 2. The fourth-order valence-electron chi connectivity index (χ4n) is 5.00. The average Bonchev–Trinajstić information content (AvgIpc) is 3.23. The summed E-state index contributed by atoms with van der Waals surface area (Å²) < 4.78 is 5.92. The van der Waals surface area contributed by atoms with E-state index in [1.54, 1.807) is 0 Å². The lowest BCUT2D eigenvalue weighted by Gasteiger charge is -2.39. The SMILES string of the molecule is CC1CC[C@H]2CCC[C@@H]([C@@H](C)CO)C2CO1.CO.COO.O=C[C@@H]1CCCN1C(=O)CO. The number of rotatable bonds is 4. The van der Waals surface area contributed by atoms with Gasteiger partial charge >= 0.3 is 0 Å². The molecule has 0 bridgehead atoms. The number of fused-ring (bicyclic) bond motifs is 1. The number of aliphatic hydroxyl groups is 3. The predicted octanol–water partition coefficient (Wildman–Crippen LogP) is 1.73. The highest BCUT2D eigenvalue weighted by Gasteiger charge is 2.37. The molecule has 6 atom stereocenters. The number of carbonyl (C=O) groups excluding carboxylic acids is 2. The van der Waals surface area contributed by atoms with Gasteiger partial charge in [0.05, 0.1) is 25.9 Å². The smallest absolute Gasteiger partial charge is 0.248 e. The van der Waals surface area contributed by atoms with E-state index in [1.165, 1.54) is 44.1 Å². The van der Waals surface area contributed by atoms with Crippen LogP contribution in [0.15, 0.2) is 0 Å². The van der Waals surface area contributed by atoms with Gasteiger partial charge in [-0.05, 0) is 62.7 Å². The van der Waals surface area contributed by atoms with Gasteiger partial charge in [-0.25, -0.2) is 4.89 Å². The van der Waals surface area contributed by atoms with Crippen LogP contribution in [0.25, 0.3) is 0 Å². The number of hydrogen-bond acceptors (Lipinski definition) is 8. The topological polar surface area (TPSA) is 137 Å². The third-order valence-corrected chi connectivity index (χ3v) is 6.72. The molecule has 9 nitrogen and oxygen atoms in total. The number of likely N-dealkylation sites (tertiary alicyclic amines) is 1. The maximum Gasteiger partial charge on any atom is 0.248 e. The molecule has 0 spiro atoms. The van der Waals surface area contributed by atoms with Gasteiger partial charge in [0.25, 0.3) is 0 Å². The van der Waals surface area contributed by atoms with E-state index in [-0.39, 0.29) is 11.9 Å². The lowest BCUT2D eigenvalue weighted by atomic mass is 9.67. The Bertz CT molecular complexity index is 493. The van der Waals surface area contributed by atoms with E-state index in [4.69, 9.17) is 20.2 Å². The van der Waals surface area contributed by atoms with Crippen molar-refractivity contribution in [2.24, 2.45) is 23.7 Å². The van der Waals surface area contributed by atoms with Crippen LogP contribution in [0.2, 0.25) is 0 Å². The average molecular weight is 464 g/mol. The number of amides is 1. The minimum atomic E-state index is -0.496. The molecule has 0 aromatic carbocycles. The Morgan fingerprint density at radius 2 is 1.81 bits per heavy atom. The number of ether oxygens (including phenoxy) is 1. The first-order chi connectivity index (χ1) is 15.4. The third kappa shape index (κ3) is 10.2. The first kappa shape index (κ1) is 30.9. The highest BCUT2D eigenvalue weighted by Crippen LogP contribution is 2.43. The Balaban J connectivity index is 0.000000523. The first-order valence-electron chi connectivity index (χ1n) is 11.6. The van der Waals surface area contributed by atoms with Gasteiger partial charge in [-0.15, -0.1) is 0 Å². The van der Waals surface area contributed by atoms with Crippen molar-refractivity contribution in [2.75, 3.05) is 40.6 Å². The molecule has 2 heterocycles. The zero-order valence-corrected chi connectivity index (χ0v) is 20.2. The molecule has 0 radical (unpaired) electrons. The molecule has 3 rings (SSSR count). The molecule has 1 amide bonds. The quantitative estimate of drug-likeness (QED) is 0.281. The van der Waals surface area contributed by atoms with Crippen molar-refractivity contribution in [3.8, 4) is 0 Å². The molecule has 1 aliphatic carbocycles. The second-order valence-electron chi connectivity index (χ2n) is 8.67. The van der Waals surface area contributed by atoms with Crippen LogP contribution in [0.4, 0.5) is 0 Å². The largest absolute Gasteiger partial charge is 0.400 e. The molecular formula is C23H45NO8. The summed E-state index contributed by atoms with van der Waals surface area (Å²) in [5.41, 5.74) is 0. The Kier molecular flexibility index (Phi) is 17.7. The second-order valence-corrected chi connectivity index (χ2v) is 8.67. The number of aldehydes is 1. The van der Waals surface area contributed by atoms with Crippen molar-refractivity contribution in [1.82, 2.24) is 4.90 Å². The van der Waals surface area contributed by atoms with E-state index in [2.05, 4.69) is 18.7 Å². The molecule has 2 unspecified atom stereocenters. The van der Waals surface area contributed by atoms with Crippen molar-refractivity contribution in [3.63, 3.8) is 0 Å². The van der Waals surface area contributed by atoms with E-state index in [1.807, 2.05) is 0 Å². The van der Waals surface area contributed by atoms with Gasteiger partial charge in [-0.3, -0.25) is 10.1 Å². The number of hydrogen-bond donors (Lipinski definition) is 4. The molecule has 32 heavy (non-hydrogen) atoms. The normalized spacial score (nSPS) is 30.0. The van der Waals surface area contributed by atoms with Gasteiger partial charge in [0, 0.05) is 20.3 Å². The van der Waals surface area contributed by atoms with Crippen molar-refractivity contribution in [3.05, 3.63) is 0 Å². The summed E-state index contributed by atoms with van der Waals surface area (Å²) in [5, 5.41) is 31.9. The van der Waals surface area contributed by atoms with E-state index in [0.29, 0.717) is 37.0 Å². The summed E-state index contributed by atoms with van der Waals surface area (Å²) in [6, 6.07) is -0.297. The third-order valence-electron chi connectivity index (χ3n) is 6.72. The van der Waals surface area contributed by atoms with Gasteiger partial charge in [0.2, 0.25) is 5.91 Å². The molecule has 1 saturated carbocycles. The lowest BCUT2D eigenvalue weighted by Crippen LogP contribution is -2.38. The van der Waals surface area contributed by atoms with Crippen LogP contribution in [0, 0.1) is 23.7 Å². The lowest BCUT2D eigenvalue weighted by molar-refractivity contribution is -0.214. The highest BCUT2D eigenvalue weighted by atomic mass is 17.1. The fourth-order valence-corrected chi connectivity index (χ4v) is 5.00. The molecule has 3 fully saturated rings. The van der Waals surface area contributed by atoms with E-state index in [0.717, 1.165) is 38.8 Å². The van der Waals surface area contributed by atoms with Crippen molar-refractivity contribution in [1.29, 1.82) is 0 Å². The van der Waals surface area contributed by atoms with Crippen molar-refractivity contribution < 1.29 is 39.8 Å². The van der Waals surface area contributed by atoms with Crippen LogP contribution in [-0.2, 0) is 19.2 Å². The molecule has 0 aromatic heterocycles. The second kappa shape index (κ2) is 18.3. The fraction of sp³-hybridized carbons (Fsp3) is 0.913. The molecule has 3 aliphatic rings. The summed E-state index contributed by atoms with van der Waals surface area (Å²) in [7, 11) is 2.18. The van der Waals surface area contributed by atoms with E-state index < -0.39 is 6.61 Å². The Labute approximate surface area is 192 Å². The first-order valence-corrected chi connectivity index (χ1v) is 11.6. The summed E-state index contributed by atoms with van der Waals surface area (Å²) in [4.78, 5) is 25.9. The minimum Gasteiger partial charge on any atom is -0.400 e. The number of aliphatic hydroxyl groups excluding tert-OH is 3. The maximum atomic E-state index is 10.9. The van der Waals surface area contributed by atoms with Crippen LogP contribution in [0.1, 0.15) is 58.8 Å². The zero-order valence-electron chi connectivity index (χ0n) is 20.2. The summed E-state index contributed by atoms with van der Waals surface area (Å²) in [5.74, 6) is 2.36. The van der Waals surface area contributed by atoms with Crippen LogP contribution >= 0.6 is 0 Å². The molecule has 0 aromatic rings. The molecule has 4 N–H and O–H groups in total. The van der Waals surface area contributed by atoms with Crippen molar-refractivity contribution >= 4 is 12.2 Å². The monoisotopic (exact) mass is 463 g/mol. The van der Waals surface area contributed by atoms with Crippen molar-refractivity contribution in [2.45, 2.75) is 70.9 Å². The summed E-state index contributed by atoms with van der Waals surface area (Å²) in [6.45, 7) is 5.76. The van der Waals surface area contributed by atoms with Crippen LogP contribution in [0.3, 0.4) is 0 Å². The summed E-state index contributed by atoms with van der Waals surface area (Å²) in [6.07, 6.45) is 9.38.